The summed E-state index contributed by atoms with van der Waals surface area (Å²) in [5.74, 6) is 0.498. The first-order valence-corrected chi connectivity index (χ1v) is 8.80. The fraction of sp³-hybridized carbons (Fsp3) is 0.300. The van der Waals surface area contributed by atoms with Crippen LogP contribution in [-0.4, -0.2) is 35.2 Å². The van der Waals surface area contributed by atoms with E-state index in [4.69, 9.17) is 11.6 Å². The van der Waals surface area contributed by atoms with Crippen LogP contribution in [0.2, 0.25) is 5.02 Å². The van der Waals surface area contributed by atoms with Crippen molar-refractivity contribution in [1.82, 2.24) is 15.1 Å². The first-order valence-electron chi connectivity index (χ1n) is 8.42. The molecule has 1 saturated heterocycles. The van der Waals surface area contributed by atoms with E-state index in [1.807, 2.05) is 24.3 Å². The first-order chi connectivity index (χ1) is 11.7. The molecule has 0 amide bonds. The second-order valence-electron chi connectivity index (χ2n) is 6.56. The van der Waals surface area contributed by atoms with Crippen LogP contribution in [0, 0.1) is 0 Å². The van der Waals surface area contributed by atoms with Gasteiger partial charge in [-0.3, -0.25) is 0 Å². The lowest BCUT2D eigenvalue weighted by Crippen LogP contribution is -2.29. The number of hydrogen-bond acceptors (Lipinski definition) is 3. The predicted molar refractivity (Wildman–Crippen MR) is 99.5 cm³/mol. The number of halogens is 1. The van der Waals surface area contributed by atoms with E-state index in [2.05, 4.69) is 46.4 Å². The number of hydrogen-bond donors (Lipinski definition) is 0. The zero-order valence-electron chi connectivity index (χ0n) is 13.7. The van der Waals surface area contributed by atoms with Crippen LogP contribution in [0.4, 0.5) is 0 Å². The van der Waals surface area contributed by atoms with E-state index in [0.29, 0.717) is 5.92 Å². The van der Waals surface area contributed by atoms with Crippen molar-refractivity contribution in [2.75, 3.05) is 20.1 Å². The van der Waals surface area contributed by atoms with Crippen molar-refractivity contribution in [3.8, 4) is 11.3 Å². The number of fused-ring (bicyclic) bond motifs is 1. The minimum absolute atomic E-state index is 0.498. The van der Waals surface area contributed by atoms with Crippen LogP contribution in [0.3, 0.4) is 0 Å². The molecule has 0 N–H and O–H groups in total. The van der Waals surface area contributed by atoms with Crippen LogP contribution in [-0.2, 0) is 0 Å². The van der Waals surface area contributed by atoms with Gasteiger partial charge >= 0.3 is 0 Å². The molecular formula is C20H20ClN3. The number of likely N-dealkylation sites (tertiary alicyclic amines) is 1. The SMILES string of the molecule is CN1CCC(c2nnc(-c3ccc(Cl)cc3)c3ccccc23)CC1. The van der Waals surface area contributed by atoms with Gasteiger partial charge in [-0.15, -0.1) is 5.10 Å². The molecule has 1 fully saturated rings. The Hall–Kier alpha value is -1.97. The molecule has 0 aliphatic carbocycles. The third kappa shape index (κ3) is 2.90. The number of nitrogens with zero attached hydrogens (tertiary/aromatic N) is 3. The smallest absolute Gasteiger partial charge is 0.101 e. The van der Waals surface area contributed by atoms with Gasteiger partial charge in [0.1, 0.15) is 5.69 Å². The molecular weight excluding hydrogens is 318 g/mol. The second kappa shape index (κ2) is 6.50. The highest BCUT2D eigenvalue weighted by Crippen LogP contribution is 2.34. The molecule has 1 aliphatic rings. The molecule has 0 atom stereocenters. The van der Waals surface area contributed by atoms with Gasteiger partial charge in [-0.05, 0) is 45.1 Å². The van der Waals surface area contributed by atoms with E-state index in [1.165, 1.54) is 10.8 Å². The Morgan fingerprint density at radius 2 is 1.58 bits per heavy atom. The molecule has 1 aliphatic heterocycles. The van der Waals surface area contributed by atoms with Crippen LogP contribution in [0.15, 0.2) is 48.5 Å². The third-order valence-corrected chi connectivity index (χ3v) is 5.19. The van der Waals surface area contributed by atoms with Crippen molar-refractivity contribution in [1.29, 1.82) is 0 Å². The summed E-state index contributed by atoms with van der Waals surface area (Å²) >= 11 is 6.02. The normalized spacial score (nSPS) is 16.6. The Morgan fingerprint density at radius 3 is 2.29 bits per heavy atom. The Morgan fingerprint density at radius 1 is 0.917 bits per heavy atom. The number of aromatic nitrogens is 2. The van der Waals surface area contributed by atoms with E-state index in [9.17, 15) is 0 Å². The van der Waals surface area contributed by atoms with Crippen molar-refractivity contribution in [2.45, 2.75) is 18.8 Å². The van der Waals surface area contributed by atoms with Gasteiger partial charge in [-0.1, -0.05) is 48.0 Å². The molecule has 0 saturated carbocycles. The minimum Gasteiger partial charge on any atom is -0.306 e. The maximum Gasteiger partial charge on any atom is 0.101 e. The summed E-state index contributed by atoms with van der Waals surface area (Å²) in [5, 5.41) is 12.4. The van der Waals surface area contributed by atoms with E-state index in [1.54, 1.807) is 0 Å². The average molecular weight is 338 g/mol. The Labute approximate surface area is 147 Å². The highest BCUT2D eigenvalue weighted by molar-refractivity contribution is 6.30. The number of piperidine rings is 1. The van der Waals surface area contributed by atoms with E-state index in [-0.39, 0.29) is 0 Å². The van der Waals surface area contributed by atoms with Gasteiger partial charge in [-0.2, -0.15) is 5.10 Å². The van der Waals surface area contributed by atoms with Gasteiger partial charge in [0.05, 0.1) is 5.69 Å². The fourth-order valence-corrected chi connectivity index (χ4v) is 3.66. The van der Waals surface area contributed by atoms with Crippen LogP contribution in [0.5, 0.6) is 0 Å². The Balaban J connectivity index is 1.81. The van der Waals surface area contributed by atoms with Crippen molar-refractivity contribution in [2.24, 2.45) is 0 Å². The minimum atomic E-state index is 0.498. The molecule has 3 nitrogen and oxygen atoms in total. The lowest BCUT2D eigenvalue weighted by Gasteiger charge is -2.29. The number of rotatable bonds is 2. The molecule has 4 heteroatoms. The molecule has 2 aromatic carbocycles. The summed E-state index contributed by atoms with van der Waals surface area (Å²) in [6.45, 7) is 2.25. The fourth-order valence-electron chi connectivity index (χ4n) is 3.53. The monoisotopic (exact) mass is 337 g/mol. The maximum absolute atomic E-state index is 6.02. The Kier molecular flexibility index (Phi) is 4.21. The van der Waals surface area contributed by atoms with Crippen molar-refractivity contribution in [3.05, 3.63) is 59.2 Å². The van der Waals surface area contributed by atoms with E-state index in [0.717, 1.165) is 47.9 Å². The molecule has 1 aromatic heterocycles. The zero-order valence-corrected chi connectivity index (χ0v) is 14.5. The quantitative estimate of drug-likeness (QED) is 0.675. The topological polar surface area (TPSA) is 29.0 Å². The summed E-state index contributed by atoms with van der Waals surface area (Å²) < 4.78 is 0. The predicted octanol–water partition coefficient (Wildman–Crippen LogP) is 4.76. The van der Waals surface area contributed by atoms with Crippen LogP contribution >= 0.6 is 11.6 Å². The summed E-state index contributed by atoms with van der Waals surface area (Å²) in [4.78, 5) is 2.38. The Bertz CT molecular complexity index is 852. The van der Waals surface area contributed by atoms with Gasteiger partial charge in [0, 0.05) is 27.3 Å². The zero-order chi connectivity index (χ0) is 16.5. The summed E-state index contributed by atoms with van der Waals surface area (Å²) in [7, 11) is 2.18. The first kappa shape index (κ1) is 15.6. The van der Waals surface area contributed by atoms with Gasteiger partial charge in [-0.25, -0.2) is 0 Å². The summed E-state index contributed by atoms with van der Waals surface area (Å²) in [5.41, 5.74) is 3.13. The lowest BCUT2D eigenvalue weighted by molar-refractivity contribution is 0.253. The molecule has 0 spiro atoms. The van der Waals surface area contributed by atoms with E-state index >= 15 is 0 Å². The molecule has 0 radical (unpaired) electrons. The highest BCUT2D eigenvalue weighted by Gasteiger charge is 2.23. The summed E-state index contributed by atoms with van der Waals surface area (Å²) in [6, 6.07) is 16.3. The molecule has 122 valence electrons. The van der Waals surface area contributed by atoms with Crippen molar-refractivity contribution >= 4 is 22.4 Å². The van der Waals surface area contributed by atoms with Crippen LogP contribution in [0.25, 0.3) is 22.0 Å². The molecule has 4 rings (SSSR count). The van der Waals surface area contributed by atoms with Gasteiger partial charge < -0.3 is 4.90 Å². The molecule has 2 heterocycles. The summed E-state index contributed by atoms with van der Waals surface area (Å²) in [6.07, 6.45) is 2.30. The maximum atomic E-state index is 6.02. The van der Waals surface area contributed by atoms with Gasteiger partial charge in [0.2, 0.25) is 0 Å². The van der Waals surface area contributed by atoms with Gasteiger partial charge in [0.25, 0.3) is 0 Å². The van der Waals surface area contributed by atoms with Gasteiger partial charge in [0.15, 0.2) is 0 Å². The third-order valence-electron chi connectivity index (χ3n) is 4.94. The van der Waals surface area contributed by atoms with Crippen molar-refractivity contribution in [3.63, 3.8) is 0 Å². The largest absolute Gasteiger partial charge is 0.306 e. The van der Waals surface area contributed by atoms with E-state index < -0.39 is 0 Å². The number of benzene rings is 2. The average Bonchev–Trinajstić information content (AvgIpc) is 2.62. The van der Waals surface area contributed by atoms with Crippen LogP contribution in [0.1, 0.15) is 24.5 Å². The molecule has 24 heavy (non-hydrogen) atoms. The second-order valence-corrected chi connectivity index (χ2v) is 7.00. The lowest BCUT2D eigenvalue weighted by atomic mass is 9.90. The van der Waals surface area contributed by atoms with Crippen molar-refractivity contribution < 1.29 is 0 Å². The highest BCUT2D eigenvalue weighted by atomic mass is 35.5. The molecule has 0 bridgehead atoms. The standard InChI is InChI=1S/C20H20ClN3/c1-24-12-10-15(11-13-24)20-18-5-3-2-4-17(18)19(22-23-20)14-6-8-16(21)9-7-14/h2-9,15H,10-13H2,1H3. The molecule has 0 unspecified atom stereocenters. The molecule has 3 aromatic rings. The van der Waals surface area contributed by atoms with Crippen LogP contribution < -0.4 is 0 Å².